The second-order valence-corrected chi connectivity index (χ2v) is 9.42. The third kappa shape index (κ3) is 5.79. The molecule has 0 aliphatic rings. The standard InChI is InChI=1S/C21H26FNO4S/c1-15(2)13-23(21(24)19-7-5-6-8-20(19)22)14-17-9-11-18(12-10-17)27-28(25,26)16(3)4/h5-12,15-16H,13-14H2,1-4H3. The molecule has 0 saturated heterocycles. The minimum absolute atomic E-state index is 0.0335. The zero-order chi connectivity index (χ0) is 20.9. The lowest BCUT2D eigenvalue weighted by molar-refractivity contribution is 0.0718. The molecule has 0 N–H and O–H groups in total. The van der Waals surface area contributed by atoms with Crippen LogP contribution in [0.5, 0.6) is 5.75 Å². The van der Waals surface area contributed by atoms with Gasteiger partial charge in [-0.1, -0.05) is 38.1 Å². The van der Waals surface area contributed by atoms with E-state index in [1.165, 1.54) is 12.1 Å². The van der Waals surface area contributed by atoms with Crippen molar-refractivity contribution in [2.45, 2.75) is 39.5 Å². The van der Waals surface area contributed by atoms with Gasteiger partial charge in [-0.05, 0) is 49.6 Å². The third-order valence-corrected chi connectivity index (χ3v) is 5.64. The summed E-state index contributed by atoms with van der Waals surface area (Å²) in [7, 11) is -3.66. The predicted octanol–water partition coefficient (Wildman–Crippen LogP) is 4.24. The Hall–Kier alpha value is -2.41. The third-order valence-electron chi connectivity index (χ3n) is 4.06. The van der Waals surface area contributed by atoms with Gasteiger partial charge in [-0.2, -0.15) is 8.42 Å². The summed E-state index contributed by atoms with van der Waals surface area (Å²) in [5.41, 5.74) is 0.825. The molecule has 0 heterocycles. The fourth-order valence-corrected chi connectivity index (χ4v) is 3.14. The molecular weight excluding hydrogens is 381 g/mol. The van der Waals surface area contributed by atoms with E-state index in [9.17, 15) is 17.6 Å². The van der Waals surface area contributed by atoms with E-state index in [1.54, 1.807) is 55.1 Å². The first-order chi connectivity index (χ1) is 13.1. The number of benzene rings is 2. The quantitative estimate of drug-likeness (QED) is 0.614. The van der Waals surface area contributed by atoms with Gasteiger partial charge in [0.1, 0.15) is 11.6 Å². The molecule has 2 aromatic carbocycles. The molecule has 0 aromatic heterocycles. The molecule has 5 nitrogen and oxygen atoms in total. The number of hydrogen-bond donors (Lipinski definition) is 0. The van der Waals surface area contributed by atoms with E-state index in [-0.39, 0.29) is 29.7 Å². The molecule has 0 unspecified atom stereocenters. The molecule has 0 fully saturated rings. The van der Waals surface area contributed by atoms with Crippen molar-refractivity contribution in [3.8, 4) is 5.75 Å². The van der Waals surface area contributed by atoms with Gasteiger partial charge in [0.15, 0.2) is 0 Å². The van der Waals surface area contributed by atoms with E-state index in [4.69, 9.17) is 4.18 Å². The zero-order valence-electron chi connectivity index (χ0n) is 16.6. The van der Waals surface area contributed by atoms with Gasteiger partial charge in [-0.3, -0.25) is 4.79 Å². The zero-order valence-corrected chi connectivity index (χ0v) is 17.4. The van der Waals surface area contributed by atoms with Crippen molar-refractivity contribution in [1.29, 1.82) is 0 Å². The van der Waals surface area contributed by atoms with Crippen LogP contribution in [-0.4, -0.2) is 31.0 Å². The molecule has 0 aliphatic heterocycles. The predicted molar refractivity (Wildman–Crippen MR) is 107 cm³/mol. The molecule has 2 aromatic rings. The Balaban J connectivity index is 2.19. The Morgan fingerprint density at radius 1 is 1.04 bits per heavy atom. The molecule has 0 bridgehead atoms. The number of carbonyl (C=O) groups is 1. The van der Waals surface area contributed by atoms with Crippen molar-refractivity contribution in [1.82, 2.24) is 4.90 Å². The number of halogens is 1. The highest BCUT2D eigenvalue weighted by atomic mass is 32.2. The average Bonchev–Trinajstić information content (AvgIpc) is 2.62. The van der Waals surface area contributed by atoms with Crippen molar-refractivity contribution in [2.24, 2.45) is 5.92 Å². The van der Waals surface area contributed by atoms with Crippen molar-refractivity contribution in [3.05, 3.63) is 65.5 Å². The summed E-state index contributed by atoms with van der Waals surface area (Å²) in [4.78, 5) is 14.4. The van der Waals surface area contributed by atoms with Gasteiger partial charge in [0, 0.05) is 13.1 Å². The maximum Gasteiger partial charge on any atom is 0.311 e. The van der Waals surface area contributed by atoms with E-state index < -0.39 is 21.2 Å². The summed E-state index contributed by atoms with van der Waals surface area (Å²) in [6.45, 7) is 7.80. The van der Waals surface area contributed by atoms with Gasteiger partial charge >= 0.3 is 10.1 Å². The maximum absolute atomic E-state index is 14.0. The van der Waals surface area contributed by atoms with Gasteiger partial charge in [-0.25, -0.2) is 4.39 Å². The molecule has 0 saturated carbocycles. The summed E-state index contributed by atoms with van der Waals surface area (Å²) in [5, 5.41) is -0.646. The molecular formula is C21H26FNO4S. The lowest BCUT2D eigenvalue weighted by Gasteiger charge is -2.25. The normalized spacial score (nSPS) is 11.7. The van der Waals surface area contributed by atoms with E-state index in [0.29, 0.717) is 6.54 Å². The van der Waals surface area contributed by atoms with E-state index >= 15 is 0 Å². The largest absolute Gasteiger partial charge is 0.382 e. The van der Waals surface area contributed by atoms with Crippen LogP contribution in [0.25, 0.3) is 0 Å². The second kappa shape index (κ2) is 9.19. The summed E-state index contributed by atoms with van der Waals surface area (Å²) >= 11 is 0. The Morgan fingerprint density at radius 3 is 2.18 bits per heavy atom. The fourth-order valence-electron chi connectivity index (χ4n) is 2.57. The van der Waals surface area contributed by atoms with Gasteiger partial charge in [0.05, 0.1) is 10.8 Å². The molecule has 7 heteroatoms. The first-order valence-electron chi connectivity index (χ1n) is 9.16. The molecule has 2 rings (SSSR count). The second-order valence-electron chi connectivity index (χ2n) is 7.33. The molecule has 0 atom stereocenters. The highest BCUT2D eigenvalue weighted by molar-refractivity contribution is 7.87. The molecule has 0 spiro atoms. The Bertz CT molecular complexity index is 908. The van der Waals surface area contributed by atoms with Crippen LogP contribution in [-0.2, 0) is 16.7 Å². The van der Waals surface area contributed by atoms with Crippen LogP contribution >= 0.6 is 0 Å². The summed E-state index contributed by atoms with van der Waals surface area (Å²) in [6.07, 6.45) is 0. The van der Waals surface area contributed by atoms with Crippen molar-refractivity contribution < 1.29 is 21.8 Å². The summed E-state index contributed by atoms with van der Waals surface area (Å²) < 4.78 is 42.8. The Kier molecular flexibility index (Phi) is 7.18. The van der Waals surface area contributed by atoms with E-state index in [2.05, 4.69) is 0 Å². The number of hydrogen-bond acceptors (Lipinski definition) is 4. The van der Waals surface area contributed by atoms with Crippen LogP contribution in [0, 0.1) is 11.7 Å². The van der Waals surface area contributed by atoms with Gasteiger partial charge in [-0.15, -0.1) is 0 Å². The van der Waals surface area contributed by atoms with Crippen LogP contribution in [0.3, 0.4) is 0 Å². The van der Waals surface area contributed by atoms with E-state index in [1.807, 2.05) is 13.8 Å². The topological polar surface area (TPSA) is 63.7 Å². The molecule has 0 radical (unpaired) electrons. The summed E-state index contributed by atoms with van der Waals surface area (Å²) in [5.74, 6) is -0.513. The first kappa shape index (κ1) is 21.9. The lowest BCUT2D eigenvalue weighted by Crippen LogP contribution is -2.34. The minimum atomic E-state index is -3.66. The van der Waals surface area contributed by atoms with Crippen molar-refractivity contribution >= 4 is 16.0 Å². The van der Waals surface area contributed by atoms with Crippen LogP contribution < -0.4 is 4.18 Å². The average molecular weight is 408 g/mol. The van der Waals surface area contributed by atoms with Crippen LogP contribution in [0.1, 0.15) is 43.6 Å². The maximum atomic E-state index is 14.0. The lowest BCUT2D eigenvalue weighted by atomic mass is 10.1. The number of amides is 1. The number of rotatable bonds is 8. The number of carbonyl (C=O) groups excluding carboxylic acids is 1. The van der Waals surface area contributed by atoms with Gasteiger partial charge < -0.3 is 9.08 Å². The van der Waals surface area contributed by atoms with Gasteiger partial charge in [0.25, 0.3) is 5.91 Å². The summed E-state index contributed by atoms with van der Waals surface area (Å²) in [6, 6.07) is 12.4. The van der Waals surface area contributed by atoms with Crippen molar-refractivity contribution in [3.63, 3.8) is 0 Å². The van der Waals surface area contributed by atoms with E-state index in [0.717, 1.165) is 5.56 Å². The monoisotopic (exact) mass is 407 g/mol. The smallest absolute Gasteiger partial charge is 0.311 e. The highest BCUT2D eigenvalue weighted by Crippen LogP contribution is 2.19. The Labute approximate surface area is 166 Å². The van der Waals surface area contributed by atoms with Crippen molar-refractivity contribution in [2.75, 3.05) is 6.54 Å². The minimum Gasteiger partial charge on any atom is -0.382 e. The van der Waals surface area contributed by atoms with Crippen LogP contribution in [0.4, 0.5) is 4.39 Å². The molecule has 28 heavy (non-hydrogen) atoms. The van der Waals surface area contributed by atoms with Gasteiger partial charge in [0.2, 0.25) is 0 Å². The van der Waals surface area contributed by atoms with Crippen LogP contribution in [0.15, 0.2) is 48.5 Å². The molecule has 152 valence electrons. The first-order valence-corrected chi connectivity index (χ1v) is 10.6. The number of nitrogens with zero attached hydrogens (tertiary/aromatic N) is 1. The molecule has 0 aliphatic carbocycles. The highest BCUT2D eigenvalue weighted by Gasteiger charge is 2.21. The Morgan fingerprint density at radius 2 is 1.64 bits per heavy atom. The SMILES string of the molecule is CC(C)CN(Cc1ccc(OS(=O)(=O)C(C)C)cc1)C(=O)c1ccccc1F. The van der Waals surface area contributed by atoms with Crippen LogP contribution in [0.2, 0.25) is 0 Å². The molecule has 1 amide bonds. The fraction of sp³-hybridized carbons (Fsp3) is 0.381.